The van der Waals surface area contributed by atoms with E-state index in [1.54, 1.807) is 12.1 Å². The number of rotatable bonds is 3. The first-order valence-corrected chi connectivity index (χ1v) is 10.7. The van der Waals surface area contributed by atoms with E-state index < -0.39 is 10.0 Å². The van der Waals surface area contributed by atoms with E-state index in [-0.39, 0.29) is 23.3 Å². The molecule has 1 aromatic rings. The molecule has 3 rings (SSSR count). The first-order chi connectivity index (χ1) is 11.9. The minimum atomic E-state index is -3.58. The van der Waals surface area contributed by atoms with Crippen LogP contribution in [0.5, 0.6) is 0 Å². The summed E-state index contributed by atoms with van der Waals surface area (Å²) in [6, 6.07) is 6.20. The molecule has 0 aliphatic carbocycles. The van der Waals surface area contributed by atoms with E-state index in [2.05, 4.69) is 6.92 Å². The molecule has 0 bridgehead atoms. The van der Waals surface area contributed by atoms with Crippen molar-refractivity contribution in [3.05, 3.63) is 29.3 Å². The second-order valence-corrected chi connectivity index (χ2v) is 9.54. The Hall–Kier alpha value is -1.11. The van der Waals surface area contributed by atoms with Crippen LogP contribution in [0.15, 0.2) is 29.2 Å². The van der Waals surface area contributed by atoms with Crippen LogP contribution in [-0.2, 0) is 14.8 Å². The van der Waals surface area contributed by atoms with Crippen LogP contribution >= 0.6 is 11.6 Å². The average Bonchev–Trinajstić information content (AvgIpc) is 2.62. The molecule has 0 aromatic heterocycles. The Balaban J connectivity index is 1.70. The zero-order valence-corrected chi connectivity index (χ0v) is 16.1. The quantitative estimate of drug-likeness (QED) is 0.804. The summed E-state index contributed by atoms with van der Waals surface area (Å²) in [5, 5.41) is 0.505. The van der Waals surface area contributed by atoms with E-state index in [1.165, 1.54) is 16.4 Å². The van der Waals surface area contributed by atoms with Crippen molar-refractivity contribution in [2.45, 2.75) is 37.5 Å². The van der Waals surface area contributed by atoms with E-state index in [9.17, 15) is 13.2 Å². The van der Waals surface area contributed by atoms with Crippen LogP contribution in [-0.4, -0.2) is 49.7 Å². The highest BCUT2D eigenvalue weighted by Gasteiger charge is 2.35. The molecule has 138 valence electrons. The van der Waals surface area contributed by atoms with Crippen LogP contribution in [0.2, 0.25) is 5.02 Å². The number of likely N-dealkylation sites (tertiary alicyclic amines) is 1. The summed E-state index contributed by atoms with van der Waals surface area (Å²) < 4.78 is 27.1. The van der Waals surface area contributed by atoms with Gasteiger partial charge in [0.05, 0.1) is 10.8 Å². The summed E-state index contributed by atoms with van der Waals surface area (Å²) in [6.45, 7) is 4.53. The molecule has 2 heterocycles. The summed E-state index contributed by atoms with van der Waals surface area (Å²) in [7, 11) is -3.58. The van der Waals surface area contributed by atoms with Gasteiger partial charge in [-0.3, -0.25) is 4.79 Å². The number of carbonyl (C=O) groups is 1. The lowest BCUT2D eigenvalue weighted by molar-refractivity contribution is -0.138. The highest BCUT2D eigenvalue weighted by atomic mass is 35.5. The topological polar surface area (TPSA) is 57.7 Å². The fourth-order valence-corrected chi connectivity index (χ4v) is 5.25. The molecule has 1 atom stereocenters. The zero-order valence-electron chi connectivity index (χ0n) is 14.5. The summed E-state index contributed by atoms with van der Waals surface area (Å²) >= 11 is 5.85. The molecule has 2 aliphatic rings. The van der Waals surface area contributed by atoms with Gasteiger partial charge in [0.1, 0.15) is 0 Å². The summed E-state index contributed by atoms with van der Waals surface area (Å²) in [4.78, 5) is 15.0. The van der Waals surface area contributed by atoms with Crippen LogP contribution in [0.3, 0.4) is 0 Å². The molecule has 2 saturated heterocycles. The predicted octanol–water partition coefficient (Wildman–Crippen LogP) is 3.00. The third-order valence-electron chi connectivity index (χ3n) is 5.28. The second kappa shape index (κ2) is 7.64. The molecule has 1 amide bonds. The van der Waals surface area contributed by atoms with Crippen molar-refractivity contribution >= 4 is 27.5 Å². The van der Waals surface area contributed by atoms with E-state index in [0.717, 1.165) is 32.4 Å². The molecular weight excluding hydrogens is 360 g/mol. The monoisotopic (exact) mass is 384 g/mol. The maximum atomic E-state index is 12.8. The molecule has 2 aliphatic heterocycles. The Kier molecular flexibility index (Phi) is 5.71. The van der Waals surface area contributed by atoms with Gasteiger partial charge in [-0.1, -0.05) is 18.5 Å². The fourth-order valence-electron chi connectivity index (χ4n) is 3.61. The molecule has 2 fully saturated rings. The van der Waals surface area contributed by atoms with Gasteiger partial charge in [0.2, 0.25) is 15.9 Å². The van der Waals surface area contributed by atoms with Crippen molar-refractivity contribution < 1.29 is 13.2 Å². The van der Waals surface area contributed by atoms with E-state index >= 15 is 0 Å². The van der Waals surface area contributed by atoms with E-state index in [4.69, 9.17) is 11.6 Å². The Bertz CT molecular complexity index is 712. The first kappa shape index (κ1) is 18.7. The average molecular weight is 385 g/mol. The van der Waals surface area contributed by atoms with Crippen LogP contribution in [0.25, 0.3) is 0 Å². The first-order valence-electron chi connectivity index (χ1n) is 8.92. The highest BCUT2D eigenvalue weighted by Crippen LogP contribution is 2.27. The summed E-state index contributed by atoms with van der Waals surface area (Å²) in [5.74, 6) is 0.546. The molecule has 25 heavy (non-hydrogen) atoms. The number of benzene rings is 1. The molecule has 0 unspecified atom stereocenters. The Morgan fingerprint density at radius 2 is 1.72 bits per heavy atom. The van der Waals surface area contributed by atoms with Crippen LogP contribution in [0.1, 0.15) is 32.6 Å². The number of nitrogens with zero attached hydrogens (tertiary/aromatic N) is 2. The number of sulfonamides is 1. The maximum absolute atomic E-state index is 12.8. The minimum Gasteiger partial charge on any atom is -0.342 e. The normalized spacial score (nSPS) is 23.6. The summed E-state index contributed by atoms with van der Waals surface area (Å²) in [5.41, 5.74) is 0. The van der Waals surface area contributed by atoms with Gasteiger partial charge in [-0.05, 0) is 55.9 Å². The van der Waals surface area contributed by atoms with Gasteiger partial charge in [0.15, 0.2) is 0 Å². The summed E-state index contributed by atoms with van der Waals surface area (Å²) in [6.07, 6.45) is 3.54. The fraction of sp³-hybridized carbons (Fsp3) is 0.611. The van der Waals surface area contributed by atoms with Gasteiger partial charge in [-0.2, -0.15) is 4.31 Å². The van der Waals surface area contributed by atoms with Gasteiger partial charge in [0, 0.05) is 31.2 Å². The van der Waals surface area contributed by atoms with Gasteiger partial charge in [0.25, 0.3) is 0 Å². The van der Waals surface area contributed by atoms with E-state index in [1.807, 2.05) is 4.90 Å². The Labute approximate surface area is 155 Å². The van der Waals surface area contributed by atoms with Crippen LogP contribution < -0.4 is 0 Å². The standard InChI is InChI=1S/C18H25ClN2O3S/c1-14-8-11-20(12-9-14)18(22)15-3-2-10-21(13-15)25(23,24)17-6-4-16(19)5-7-17/h4-7,14-15H,2-3,8-13H2,1H3/t15-/m0/s1. The molecule has 0 spiro atoms. The Morgan fingerprint density at radius 1 is 1.08 bits per heavy atom. The molecule has 7 heteroatoms. The number of halogens is 1. The lowest BCUT2D eigenvalue weighted by Gasteiger charge is -2.36. The van der Waals surface area contributed by atoms with Gasteiger partial charge in [-0.15, -0.1) is 0 Å². The lowest BCUT2D eigenvalue weighted by Crippen LogP contribution is -2.48. The third-order valence-corrected chi connectivity index (χ3v) is 7.41. The van der Waals surface area contributed by atoms with Crippen molar-refractivity contribution in [2.75, 3.05) is 26.2 Å². The molecule has 0 N–H and O–H groups in total. The number of carbonyl (C=O) groups excluding carboxylic acids is 1. The lowest BCUT2D eigenvalue weighted by atomic mass is 9.94. The molecule has 0 radical (unpaired) electrons. The van der Waals surface area contributed by atoms with Gasteiger partial charge >= 0.3 is 0 Å². The van der Waals surface area contributed by atoms with Crippen LogP contribution in [0, 0.1) is 11.8 Å². The number of hydrogen-bond acceptors (Lipinski definition) is 3. The molecule has 5 nitrogen and oxygen atoms in total. The third kappa shape index (κ3) is 4.18. The minimum absolute atomic E-state index is 0.114. The molecular formula is C18H25ClN2O3S. The number of amides is 1. The maximum Gasteiger partial charge on any atom is 0.243 e. The van der Waals surface area contributed by atoms with Crippen molar-refractivity contribution in [1.29, 1.82) is 0 Å². The predicted molar refractivity (Wildman–Crippen MR) is 97.9 cm³/mol. The molecule has 1 aromatic carbocycles. The van der Waals surface area contributed by atoms with Crippen molar-refractivity contribution in [2.24, 2.45) is 11.8 Å². The second-order valence-electron chi connectivity index (χ2n) is 7.16. The van der Waals surface area contributed by atoms with E-state index in [0.29, 0.717) is 23.9 Å². The van der Waals surface area contributed by atoms with Crippen molar-refractivity contribution in [3.63, 3.8) is 0 Å². The van der Waals surface area contributed by atoms with Crippen LogP contribution in [0.4, 0.5) is 0 Å². The highest BCUT2D eigenvalue weighted by molar-refractivity contribution is 7.89. The van der Waals surface area contributed by atoms with Gasteiger partial charge in [-0.25, -0.2) is 8.42 Å². The van der Waals surface area contributed by atoms with Gasteiger partial charge < -0.3 is 4.90 Å². The smallest absolute Gasteiger partial charge is 0.243 e. The molecule has 0 saturated carbocycles. The SMILES string of the molecule is CC1CCN(C(=O)[C@H]2CCCN(S(=O)(=O)c3ccc(Cl)cc3)C2)CC1. The Morgan fingerprint density at radius 3 is 2.36 bits per heavy atom. The van der Waals surface area contributed by atoms with Crippen molar-refractivity contribution in [1.82, 2.24) is 9.21 Å². The number of piperidine rings is 2. The number of hydrogen-bond donors (Lipinski definition) is 0. The largest absolute Gasteiger partial charge is 0.342 e. The zero-order chi connectivity index (χ0) is 18.0. The van der Waals surface area contributed by atoms with Crippen molar-refractivity contribution in [3.8, 4) is 0 Å².